The molecule has 0 bridgehead atoms. The van der Waals surface area contributed by atoms with Crippen molar-refractivity contribution in [2.24, 2.45) is 0 Å². The van der Waals surface area contributed by atoms with Gasteiger partial charge in [-0.1, -0.05) is 26.0 Å². The van der Waals surface area contributed by atoms with Gasteiger partial charge in [0, 0.05) is 18.2 Å². The summed E-state index contributed by atoms with van der Waals surface area (Å²) in [5.41, 5.74) is 2.07. The van der Waals surface area contributed by atoms with Gasteiger partial charge in [-0.15, -0.1) is 0 Å². The fourth-order valence-corrected chi connectivity index (χ4v) is 3.36. The molecule has 1 aromatic carbocycles. The van der Waals surface area contributed by atoms with E-state index in [1.54, 1.807) is 12.2 Å². The van der Waals surface area contributed by atoms with Crippen molar-refractivity contribution >= 4 is 65.8 Å². The van der Waals surface area contributed by atoms with Crippen molar-refractivity contribution in [3.8, 4) is 11.3 Å². The van der Waals surface area contributed by atoms with Gasteiger partial charge < -0.3 is 18.2 Å². The van der Waals surface area contributed by atoms with Crippen molar-refractivity contribution in [2.45, 2.75) is 44.8 Å². The minimum atomic E-state index is -3.63. The van der Waals surface area contributed by atoms with E-state index in [0.29, 0.717) is 22.5 Å². The molecular weight excluding hydrogens is 493 g/mol. The van der Waals surface area contributed by atoms with Gasteiger partial charge >= 0.3 is 43.7 Å². The maximum Gasteiger partial charge on any atom is 2.00 e. The third-order valence-corrected chi connectivity index (χ3v) is 6.10. The zero-order chi connectivity index (χ0) is 24.9. The number of hydrogen-bond acceptors (Lipinski definition) is 7. The van der Waals surface area contributed by atoms with E-state index in [1.165, 1.54) is 31.3 Å². The fourth-order valence-electron chi connectivity index (χ4n) is 2.99. The summed E-state index contributed by atoms with van der Waals surface area (Å²) in [6.07, 6.45) is 1.34. The normalized spacial score (nSPS) is 13.5. The maximum absolute atomic E-state index is 13.5. The van der Waals surface area contributed by atoms with Crippen LogP contribution in [0.2, 0.25) is 0 Å². The van der Waals surface area contributed by atoms with E-state index in [-0.39, 0.29) is 65.3 Å². The van der Waals surface area contributed by atoms with E-state index in [2.05, 4.69) is 9.97 Å². The summed E-state index contributed by atoms with van der Waals surface area (Å²) in [5.74, 6) is -2.10. The number of halogens is 1. The van der Waals surface area contributed by atoms with Gasteiger partial charge in [0.1, 0.15) is 5.82 Å². The van der Waals surface area contributed by atoms with Crippen LogP contribution < -0.4 is 4.31 Å². The first kappa shape index (κ1) is 30.4. The number of carboxylic acid groups (broad SMARTS) is 1. The Labute approximate surface area is 231 Å². The SMILES string of the molecule is CC(C)c1nc(N(C)S(C)(=O)=O)nc(-c2ccc(F)cc2)c1C=CCC[C@@H](O)C(O)C(=O)O.[Ca+2].[H-].[H-]. The van der Waals surface area contributed by atoms with Crippen LogP contribution in [0.25, 0.3) is 17.3 Å². The number of aliphatic carboxylic acids is 1. The Bertz CT molecular complexity index is 1140. The molecule has 0 aliphatic heterocycles. The zero-order valence-electron chi connectivity index (χ0n) is 21.5. The van der Waals surface area contributed by atoms with E-state index in [4.69, 9.17) is 5.11 Å². The quantitative estimate of drug-likeness (QED) is 0.403. The van der Waals surface area contributed by atoms with Crippen LogP contribution in [0.1, 0.15) is 46.7 Å². The minimum absolute atomic E-state index is 0. The summed E-state index contributed by atoms with van der Waals surface area (Å²) in [7, 11) is -2.29. The summed E-state index contributed by atoms with van der Waals surface area (Å²) in [6, 6.07) is 5.58. The van der Waals surface area contributed by atoms with Gasteiger partial charge in [0.15, 0.2) is 6.10 Å². The number of aromatic nitrogens is 2. The van der Waals surface area contributed by atoms with Crippen molar-refractivity contribution in [2.75, 3.05) is 17.6 Å². The number of aliphatic hydroxyl groups is 2. The molecule has 0 saturated heterocycles. The number of carbonyl (C=O) groups is 1. The predicted molar refractivity (Wildman–Crippen MR) is 131 cm³/mol. The second-order valence-electron chi connectivity index (χ2n) is 7.89. The number of sulfonamides is 1. The molecular formula is C22H30CaFN3O6S. The molecule has 34 heavy (non-hydrogen) atoms. The molecule has 1 heterocycles. The molecule has 0 amide bonds. The van der Waals surface area contributed by atoms with Gasteiger partial charge in [-0.25, -0.2) is 31.9 Å². The Morgan fingerprint density at radius 2 is 1.79 bits per heavy atom. The summed E-state index contributed by atoms with van der Waals surface area (Å²) < 4.78 is 38.6. The van der Waals surface area contributed by atoms with Crippen molar-refractivity contribution < 1.29 is 35.8 Å². The predicted octanol–water partition coefficient (Wildman–Crippen LogP) is 2.25. The number of nitrogens with zero attached hydrogens (tertiary/aromatic N) is 3. The van der Waals surface area contributed by atoms with Crippen LogP contribution in [0.4, 0.5) is 10.3 Å². The van der Waals surface area contributed by atoms with Gasteiger partial charge in [0.05, 0.1) is 23.7 Å². The first-order valence-corrected chi connectivity index (χ1v) is 12.0. The van der Waals surface area contributed by atoms with Crippen LogP contribution in [-0.4, -0.2) is 103 Å². The van der Waals surface area contributed by atoms with E-state index in [0.717, 1.165) is 10.6 Å². The number of benzene rings is 1. The summed E-state index contributed by atoms with van der Waals surface area (Å²) in [6.45, 7) is 3.76. The number of rotatable bonds is 10. The average Bonchev–Trinajstić information content (AvgIpc) is 2.74. The zero-order valence-corrected chi connectivity index (χ0v) is 22.5. The molecule has 0 radical (unpaired) electrons. The molecule has 2 rings (SSSR count). The number of hydrogen-bond donors (Lipinski definition) is 3. The third-order valence-electron chi connectivity index (χ3n) is 4.94. The van der Waals surface area contributed by atoms with Crippen molar-refractivity contribution in [3.05, 3.63) is 47.4 Å². The Hall–Kier alpha value is -1.63. The first-order chi connectivity index (χ1) is 15.3. The largest absolute Gasteiger partial charge is 2.00 e. The molecule has 3 N–H and O–H groups in total. The van der Waals surface area contributed by atoms with Gasteiger partial charge in [-0.3, -0.25) is 0 Å². The molecule has 184 valence electrons. The molecule has 0 spiro atoms. The fraction of sp³-hybridized carbons (Fsp3) is 0.409. The van der Waals surface area contributed by atoms with Crippen molar-refractivity contribution in [1.82, 2.24) is 9.97 Å². The molecule has 0 aliphatic rings. The monoisotopic (exact) mass is 523 g/mol. The minimum Gasteiger partial charge on any atom is -1.00 e. The van der Waals surface area contributed by atoms with Gasteiger partial charge in [0.2, 0.25) is 16.0 Å². The summed E-state index contributed by atoms with van der Waals surface area (Å²) in [5, 5.41) is 28.0. The third kappa shape index (κ3) is 7.96. The smallest absolute Gasteiger partial charge is 1.00 e. The maximum atomic E-state index is 13.5. The molecule has 0 saturated carbocycles. The summed E-state index contributed by atoms with van der Waals surface area (Å²) >= 11 is 0. The molecule has 2 aromatic rings. The van der Waals surface area contributed by atoms with Gasteiger partial charge in [0.25, 0.3) is 0 Å². The van der Waals surface area contributed by atoms with Gasteiger partial charge in [-0.05, 0) is 43.0 Å². The molecule has 0 aliphatic carbocycles. The Balaban J connectivity index is 0. The topological polar surface area (TPSA) is 141 Å². The van der Waals surface area contributed by atoms with E-state index >= 15 is 0 Å². The second kappa shape index (κ2) is 12.9. The van der Waals surface area contributed by atoms with Crippen LogP contribution in [0.5, 0.6) is 0 Å². The first-order valence-electron chi connectivity index (χ1n) is 10.2. The van der Waals surface area contributed by atoms with E-state index in [1.807, 2.05) is 13.8 Å². The number of anilines is 1. The Morgan fingerprint density at radius 1 is 1.21 bits per heavy atom. The van der Waals surface area contributed by atoms with Crippen LogP contribution in [-0.2, 0) is 14.8 Å². The molecule has 1 unspecified atom stereocenters. The number of allylic oxidation sites excluding steroid dienone is 1. The summed E-state index contributed by atoms with van der Waals surface area (Å²) in [4.78, 5) is 19.7. The number of aliphatic hydroxyl groups excluding tert-OH is 2. The molecule has 12 heteroatoms. The molecule has 1 aromatic heterocycles. The standard InChI is InChI=1S/C22H28FN3O6S.Ca.2H/c1-13(2)18-16(7-5-6-8-17(27)20(28)21(29)30)19(14-9-11-15(23)12-10-14)25-22(24-18)26(3)33(4,31)32;;;/h5,7,9-13,17,20,27-28H,6,8H2,1-4H3,(H,29,30);;;/q;+2;2*-1/t17-,20?;;;/m1.../s1. The van der Waals surface area contributed by atoms with Crippen LogP contribution in [0.3, 0.4) is 0 Å². The Kier molecular flexibility index (Phi) is 11.5. The average molecular weight is 524 g/mol. The molecule has 9 nitrogen and oxygen atoms in total. The van der Waals surface area contributed by atoms with Crippen LogP contribution >= 0.6 is 0 Å². The van der Waals surface area contributed by atoms with E-state index < -0.39 is 34.0 Å². The van der Waals surface area contributed by atoms with Crippen molar-refractivity contribution in [1.29, 1.82) is 0 Å². The van der Waals surface area contributed by atoms with E-state index in [9.17, 15) is 27.8 Å². The van der Waals surface area contributed by atoms with Crippen LogP contribution in [0.15, 0.2) is 30.3 Å². The number of carboxylic acids is 1. The molecule has 2 atom stereocenters. The molecule has 0 fully saturated rings. The Morgan fingerprint density at radius 3 is 2.29 bits per heavy atom. The van der Waals surface area contributed by atoms with Gasteiger partial charge in [-0.2, -0.15) is 0 Å². The van der Waals surface area contributed by atoms with Crippen LogP contribution in [0, 0.1) is 5.82 Å². The van der Waals surface area contributed by atoms with Crippen molar-refractivity contribution in [3.63, 3.8) is 0 Å². The second-order valence-corrected chi connectivity index (χ2v) is 9.91.